The van der Waals surface area contributed by atoms with Crippen LogP contribution in [0.5, 0.6) is 0 Å². The smallest absolute Gasteiger partial charge is 0.317 e. The molecule has 0 saturated heterocycles. The van der Waals surface area contributed by atoms with Crippen molar-refractivity contribution in [2.45, 2.75) is 33.6 Å². The lowest BCUT2D eigenvalue weighted by atomic mass is 10.2. The van der Waals surface area contributed by atoms with Crippen LogP contribution in [0.2, 0.25) is 0 Å². The van der Waals surface area contributed by atoms with Crippen LogP contribution < -0.4 is 5.32 Å². The Hall–Kier alpha value is -0.570. The fourth-order valence-corrected chi connectivity index (χ4v) is 0.695. The minimum absolute atomic E-state index is 0. The number of rotatable bonds is 6. The number of nitrogens with one attached hydrogen (secondary N) is 1. The van der Waals surface area contributed by atoms with Crippen molar-refractivity contribution >= 4 is 5.97 Å². The SMILES string of the molecule is C.CCCCCNCC(=O)O. The molecule has 0 aliphatic heterocycles. The van der Waals surface area contributed by atoms with Crippen molar-refractivity contribution in [1.29, 1.82) is 0 Å². The van der Waals surface area contributed by atoms with Crippen LogP contribution in [0.15, 0.2) is 0 Å². The second-order valence-corrected chi connectivity index (χ2v) is 2.28. The molecule has 0 spiro atoms. The summed E-state index contributed by atoms with van der Waals surface area (Å²) >= 11 is 0. The third-order valence-electron chi connectivity index (χ3n) is 1.23. The van der Waals surface area contributed by atoms with E-state index in [2.05, 4.69) is 12.2 Å². The van der Waals surface area contributed by atoms with Gasteiger partial charge in [0.1, 0.15) is 0 Å². The zero-order valence-electron chi connectivity index (χ0n) is 6.39. The van der Waals surface area contributed by atoms with E-state index in [-0.39, 0.29) is 14.0 Å². The van der Waals surface area contributed by atoms with Gasteiger partial charge in [-0.2, -0.15) is 0 Å². The summed E-state index contributed by atoms with van der Waals surface area (Å²) in [6.07, 6.45) is 3.42. The van der Waals surface area contributed by atoms with Gasteiger partial charge in [0, 0.05) is 0 Å². The fourth-order valence-electron chi connectivity index (χ4n) is 0.695. The van der Waals surface area contributed by atoms with Gasteiger partial charge in [-0.25, -0.2) is 0 Å². The molecule has 0 rings (SSSR count). The quantitative estimate of drug-likeness (QED) is 0.580. The largest absolute Gasteiger partial charge is 0.480 e. The summed E-state index contributed by atoms with van der Waals surface area (Å²) in [5, 5.41) is 11.0. The molecule has 3 heteroatoms. The topological polar surface area (TPSA) is 49.3 Å². The number of hydrogen-bond donors (Lipinski definition) is 2. The number of unbranched alkanes of at least 4 members (excludes halogenated alkanes) is 2. The molecular weight excluding hydrogens is 142 g/mol. The van der Waals surface area contributed by atoms with E-state index >= 15 is 0 Å². The standard InChI is InChI=1S/C7H15NO2.CH4/c1-2-3-4-5-8-6-7(9)10;/h8H,2-6H2,1H3,(H,9,10);1H4. The van der Waals surface area contributed by atoms with Crippen LogP contribution in [-0.2, 0) is 4.79 Å². The van der Waals surface area contributed by atoms with Crippen LogP contribution in [0, 0.1) is 0 Å². The van der Waals surface area contributed by atoms with E-state index in [1.54, 1.807) is 0 Å². The molecule has 0 atom stereocenters. The second kappa shape index (κ2) is 9.43. The van der Waals surface area contributed by atoms with Crippen molar-refractivity contribution in [3.05, 3.63) is 0 Å². The average Bonchev–Trinajstić information content (AvgIpc) is 1.87. The van der Waals surface area contributed by atoms with Gasteiger partial charge in [-0.05, 0) is 13.0 Å². The summed E-state index contributed by atoms with van der Waals surface area (Å²) in [4.78, 5) is 9.97. The number of hydrogen-bond acceptors (Lipinski definition) is 2. The van der Waals surface area contributed by atoms with Gasteiger partial charge in [-0.15, -0.1) is 0 Å². The van der Waals surface area contributed by atoms with E-state index in [0.717, 1.165) is 13.0 Å². The lowest BCUT2D eigenvalue weighted by Crippen LogP contribution is -2.23. The summed E-state index contributed by atoms with van der Waals surface area (Å²) in [7, 11) is 0. The number of carboxylic acids is 1. The summed E-state index contributed by atoms with van der Waals surface area (Å²) in [6, 6.07) is 0. The van der Waals surface area contributed by atoms with Crippen molar-refractivity contribution < 1.29 is 9.90 Å². The summed E-state index contributed by atoms with van der Waals surface area (Å²) in [5.74, 6) is -0.781. The molecule has 0 aromatic heterocycles. The number of aliphatic carboxylic acids is 1. The van der Waals surface area contributed by atoms with E-state index in [1.165, 1.54) is 12.8 Å². The molecule has 0 aliphatic rings. The first-order valence-corrected chi connectivity index (χ1v) is 3.70. The van der Waals surface area contributed by atoms with E-state index < -0.39 is 5.97 Å². The molecule has 0 unspecified atom stereocenters. The molecule has 0 bridgehead atoms. The molecular formula is C8H19NO2. The summed E-state index contributed by atoms with van der Waals surface area (Å²) in [6.45, 7) is 3.03. The van der Waals surface area contributed by atoms with E-state index in [0.29, 0.717) is 0 Å². The molecule has 0 amide bonds. The van der Waals surface area contributed by atoms with Crippen molar-refractivity contribution in [1.82, 2.24) is 5.32 Å². The Morgan fingerprint density at radius 3 is 2.55 bits per heavy atom. The van der Waals surface area contributed by atoms with Crippen LogP contribution in [0.25, 0.3) is 0 Å². The maximum absolute atomic E-state index is 9.97. The van der Waals surface area contributed by atoms with Gasteiger partial charge >= 0.3 is 5.97 Å². The van der Waals surface area contributed by atoms with Gasteiger partial charge in [-0.3, -0.25) is 4.79 Å². The van der Waals surface area contributed by atoms with Crippen molar-refractivity contribution in [2.75, 3.05) is 13.1 Å². The third-order valence-corrected chi connectivity index (χ3v) is 1.23. The molecule has 0 aromatic carbocycles. The normalized spacial score (nSPS) is 8.82. The first-order chi connectivity index (χ1) is 4.77. The lowest BCUT2D eigenvalue weighted by Gasteiger charge is -1.98. The third kappa shape index (κ3) is 12.6. The Morgan fingerprint density at radius 2 is 2.09 bits per heavy atom. The Labute approximate surface area is 68.8 Å². The minimum Gasteiger partial charge on any atom is -0.480 e. The Bertz CT molecular complexity index is 94.1. The van der Waals surface area contributed by atoms with Gasteiger partial charge < -0.3 is 10.4 Å². The molecule has 0 heterocycles. The van der Waals surface area contributed by atoms with E-state index in [4.69, 9.17) is 5.11 Å². The second-order valence-electron chi connectivity index (χ2n) is 2.28. The van der Waals surface area contributed by atoms with Gasteiger partial charge in [0.15, 0.2) is 0 Å². The monoisotopic (exact) mass is 161 g/mol. The van der Waals surface area contributed by atoms with Gasteiger partial charge in [0.2, 0.25) is 0 Å². The minimum atomic E-state index is -0.781. The fraction of sp³-hybridized carbons (Fsp3) is 0.875. The highest BCUT2D eigenvalue weighted by atomic mass is 16.4. The zero-order valence-corrected chi connectivity index (χ0v) is 6.39. The lowest BCUT2D eigenvalue weighted by molar-refractivity contribution is -0.135. The summed E-state index contributed by atoms with van der Waals surface area (Å²) < 4.78 is 0. The van der Waals surface area contributed by atoms with Gasteiger partial charge in [0.05, 0.1) is 6.54 Å². The van der Waals surface area contributed by atoms with Crippen LogP contribution in [-0.4, -0.2) is 24.2 Å². The maximum Gasteiger partial charge on any atom is 0.317 e. The highest BCUT2D eigenvalue weighted by molar-refractivity contribution is 5.68. The molecule has 0 aliphatic carbocycles. The van der Waals surface area contributed by atoms with Gasteiger partial charge in [-0.1, -0.05) is 27.2 Å². The van der Waals surface area contributed by atoms with Crippen molar-refractivity contribution in [3.63, 3.8) is 0 Å². The van der Waals surface area contributed by atoms with Crippen molar-refractivity contribution in [2.24, 2.45) is 0 Å². The molecule has 0 aromatic rings. The zero-order chi connectivity index (χ0) is 7.82. The van der Waals surface area contributed by atoms with Crippen LogP contribution in [0.3, 0.4) is 0 Å². The molecule has 3 nitrogen and oxygen atoms in total. The molecule has 0 saturated carbocycles. The number of carbonyl (C=O) groups is 1. The molecule has 0 fully saturated rings. The van der Waals surface area contributed by atoms with Gasteiger partial charge in [0.25, 0.3) is 0 Å². The van der Waals surface area contributed by atoms with Crippen LogP contribution >= 0.6 is 0 Å². The first-order valence-electron chi connectivity index (χ1n) is 3.70. The highest BCUT2D eigenvalue weighted by Gasteiger charge is 1.92. The molecule has 11 heavy (non-hydrogen) atoms. The Kier molecular flexibility index (Phi) is 11.2. The van der Waals surface area contributed by atoms with Crippen LogP contribution in [0.4, 0.5) is 0 Å². The predicted molar refractivity (Wildman–Crippen MR) is 46.8 cm³/mol. The molecule has 68 valence electrons. The average molecular weight is 161 g/mol. The van der Waals surface area contributed by atoms with Crippen molar-refractivity contribution in [3.8, 4) is 0 Å². The summed E-state index contributed by atoms with van der Waals surface area (Å²) in [5.41, 5.74) is 0. The predicted octanol–water partition coefficient (Wildman–Crippen LogP) is 1.49. The van der Waals surface area contributed by atoms with Crippen LogP contribution in [0.1, 0.15) is 33.6 Å². The Balaban J connectivity index is 0. The molecule has 2 N–H and O–H groups in total. The Morgan fingerprint density at radius 1 is 1.45 bits per heavy atom. The first kappa shape index (κ1) is 13.1. The highest BCUT2D eigenvalue weighted by Crippen LogP contribution is 1.90. The molecule has 0 radical (unpaired) electrons. The maximum atomic E-state index is 9.97. The van der Waals surface area contributed by atoms with E-state index in [9.17, 15) is 4.79 Å². The number of carboxylic acid groups (broad SMARTS) is 1. The van der Waals surface area contributed by atoms with E-state index in [1.807, 2.05) is 0 Å².